The third kappa shape index (κ3) is 6.46. The van der Waals surface area contributed by atoms with Crippen molar-refractivity contribution in [2.75, 3.05) is 0 Å². The van der Waals surface area contributed by atoms with Gasteiger partial charge in [0.05, 0.1) is 5.58 Å². The molecule has 0 saturated carbocycles. The largest absolute Gasteiger partial charge is 0.501 e. The van der Waals surface area contributed by atoms with Gasteiger partial charge in [-0.25, -0.2) is 0 Å². The van der Waals surface area contributed by atoms with E-state index in [9.17, 15) is 0 Å². The van der Waals surface area contributed by atoms with Crippen molar-refractivity contribution in [3.05, 3.63) is 168 Å². The zero-order valence-electron chi connectivity index (χ0n) is 27.4. The molecule has 5 aromatic carbocycles. The normalized spacial score (nSPS) is 11.1. The summed E-state index contributed by atoms with van der Waals surface area (Å²) in [6, 6.07) is 46.7. The number of hydrogen-bond acceptors (Lipinski definition) is 4. The molecule has 241 valence electrons. The van der Waals surface area contributed by atoms with Crippen molar-refractivity contribution >= 4 is 53.4 Å². The van der Waals surface area contributed by atoms with E-state index in [1.165, 1.54) is 42.4 Å². The SMILES string of the molecule is Cc1ccc(-c2[c-]ccc3c2oc2cc(C)ccc23)nc1.Cc1cnc(-c2[c-]ccc3c2sc2ccccc23)cc1Cc1ccccc1.[Ir]. The van der Waals surface area contributed by atoms with Crippen molar-refractivity contribution in [3.8, 4) is 22.5 Å². The molecule has 0 saturated heterocycles. The Morgan fingerprint density at radius 3 is 2.18 bits per heavy atom. The summed E-state index contributed by atoms with van der Waals surface area (Å²) < 4.78 is 8.65. The van der Waals surface area contributed by atoms with Crippen molar-refractivity contribution in [2.24, 2.45) is 0 Å². The number of hydrogen-bond donors (Lipinski definition) is 0. The molecule has 0 fully saturated rings. The Morgan fingerprint density at radius 2 is 1.37 bits per heavy atom. The summed E-state index contributed by atoms with van der Waals surface area (Å²) in [7, 11) is 0. The number of aryl methyl sites for hydroxylation is 3. The first-order valence-electron chi connectivity index (χ1n) is 16.1. The van der Waals surface area contributed by atoms with Crippen LogP contribution in [-0.2, 0) is 26.5 Å². The van der Waals surface area contributed by atoms with Gasteiger partial charge in [-0.2, -0.15) is 11.3 Å². The molecule has 0 spiro atoms. The summed E-state index contributed by atoms with van der Waals surface area (Å²) in [6.07, 6.45) is 4.78. The van der Waals surface area contributed by atoms with Crippen LogP contribution in [0.5, 0.6) is 0 Å². The first kappa shape index (κ1) is 32.6. The van der Waals surface area contributed by atoms with Crippen LogP contribution in [0.15, 0.2) is 132 Å². The van der Waals surface area contributed by atoms with Crippen molar-refractivity contribution in [2.45, 2.75) is 27.2 Å². The van der Waals surface area contributed by atoms with E-state index in [1.54, 1.807) is 0 Å². The van der Waals surface area contributed by atoms with Crippen LogP contribution in [0.3, 0.4) is 0 Å². The monoisotopic (exact) mass is 829 g/mol. The van der Waals surface area contributed by atoms with Crippen LogP contribution in [0.4, 0.5) is 0 Å². The van der Waals surface area contributed by atoms with Crippen LogP contribution in [-0.4, -0.2) is 9.97 Å². The molecule has 0 N–H and O–H groups in total. The van der Waals surface area contributed by atoms with Gasteiger partial charge in [0, 0.05) is 42.6 Å². The fraction of sp³-hybridized carbons (Fsp3) is 0.0909. The first-order chi connectivity index (χ1) is 23.5. The molecular formula is C44H32IrN2OS-2. The van der Waals surface area contributed by atoms with Gasteiger partial charge in [-0.3, -0.25) is 0 Å². The molecule has 4 aromatic heterocycles. The first-order valence-corrected chi connectivity index (χ1v) is 16.9. The van der Waals surface area contributed by atoms with Gasteiger partial charge in [-0.15, -0.1) is 42.0 Å². The number of nitrogens with zero attached hydrogens (tertiary/aromatic N) is 2. The van der Waals surface area contributed by atoms with Crippen LogP contribution in [0.25, 0.3) is 64.6 Å². The Balaban J connectivity index is 0.000000156. The molecule has 0 bridgehead atoms. The zero-order chi connectivity index (χ0) is 32.6. The minimum absolute atomic E-state index is 0. The minimum Gasteiger partial charge on any atom is -0.501 e. The van der Waals surface area contributed by atoms with Gasteiger partial charge in [-0.05, 0) is 88.6 Å². The van der Waals surface area contributed by atoms with Gasteiger partial charge < -0.3 is 14.4 Å². The quantitative estimate of drug-likeness (QED) is 0.166. The van der Waals surface area contributed by atoms with E-state index in [4.69, 9.17) is 9.40 Å². The molecule has 0 aliphatic rings. The van der Waals surface area contributed by atoms with Crippen LogP contribution in [0.2, 0.25) is 0 Å². The summed E-state index contributed by atoms with van der Waals surface area (Å²) in [4.78, 5) is 9.24. The minimum atomic E-state index is 0. The average Bonchev–Trinajstić information content (AvgIpc) is 3.68. The molecule has 0 aliphatic heterocycles. The van der Waals surface area contributed by atoms with Gasteiger partial charge in [0.25, 0.3) is 0 Å². The molecule has 9 rings (SSSR count). The molecule has 0 unspecified atom stereocenters. The molecule has 0 amide bonds. The van der Waals surface area contributed by atoms with Gasteiger partial charge >= 0.3 is 0 Å². The number of rotatable bonds is 4. The summed E-state index contributed by atoms with van der Waals surface area (Å²) in [5, 5.41) is 4.85. The zero-order valence-corrected chi connectivity index (χ0v) is 30.6. The van der Waals surface area contributed by atoms with E-state index in [-0.39, 0.29) is 20.1 Å². The second-order valence-electron chi connectivity index (χ2n) is 12.3. The number of aromatic nitrogens is 2. The predicted molar refractivity (Wildman–Crippen MR) is 201 cm³/mol. The molecule has 1 radical (unpaired) electrons. The van der Waals surface area contributed by atoms with E-state index in [0.717, 1.165) is 56.4 Å². The Bertz CT molecular complexity index is 2570. The molecular weight excluding hydrogens is 797 g/mol. The summed E-state index contributed by atoms with van der Waals surface area (Å²) in [5.74, 6) is 0. The summed E-state index contributed by atoms with van der Waals surface area (Å²) >= 11 is 1.83. The van der Waals surface area contributed by atoms with Crippen LogP contribution >= 0.6 is 11.3 Å². The van der Waals surface area contributed by atoms with E-state index < -0.39 is 0 Å². The van der Waals surface area contributed by atoms with E-state index in [0.29, 0.717) is 0 Å². The van der Waals surface area contributed by atoms with Crippen molar-refractivity contribution in [3.63, 3.8) is 0 Å². The molecule has 3 nitrogen and oxygen atoms in total. The Labute approximate surface area is 303 Å². The Hall–Kier alpha value is -4.93. The molecule has 0 atom stereocenters. The smallest absolute Gasteiger partial charge is 0.121 e. The van der Waals surface area contributed by atoms with Gasteiger partial charge in [0.1, 0.15) is 5.58 Å². The second-order valence-corrected chi connectivity index (χ2v) is 13.3. The molecule has 49 heavy (non-hydrogen) atoms. The fourth-order valence-electron chi connectivity index (χ4n) is 6.24. The van der Waals surface area contributed by atoms with E-state index in [1.807, 2.05) is 54.9 Å². The average molecular weight is 829 g/mol. The topological polar surface area (TPSA) is 38.9 Å². The number of pyridine rings is 2. The van der Waals surface area contributed by atoms with Crippen LogP contribution < -0.4 is 0 Å². The van der Waals surface area contributed by atoms with E-state index >= 15 is 0 Å². The van der Waals surface area contributed by atoms with Crippen molar-refractivity contribution in [1.29, 1.82) is 0 Å². The fourth-order valence-corrected chi connectivity index (χ4v) is 7.45. The maximum Gasteiger partial charge on any atom is 0.121 e. The number of furan rings is 1. The van der Waals surface area contributed by atoms with Gasteiger partial charge in [-0.1, -0.05) is 95.2 Å². The van der Waals surface area contributed by atoms with Crippen LogP contribution in [0, 0.1) is 32.9 Å². The van der Waals surface area contributed by atoms with Crippen LogP contribution in [0.1, 0.15) is 27.8 Å². The number of fused-ring (bicyclic) bond motifs is 6. The van der Waals surface area contributed by atoms with Gasteiger partial charge in [0.15, 0.2) is 0 Å². The summed E-state index contributed by atoms with van der Waals surface area (Å²) in [6.45, 7) is 6.24. The maximum atomic E-state index is 6.08. The molecule has 4 heterocycles. The third-order valence-electron chi connectivity index (χ3n) is 8.80. The number of benzene rings is 5. The number of thiophene rings is 1. The molecule has 5 heteroatoms. The van der Waals surface area contributed by atoms with Crippen molar-refractivity contribution < 1.29 is 24.5 Å². The molecule has 9 aromatic rings. The second kappa shape index (κ2) is 13.9. The summed E-state index contributed by atoms with van der Waals surface area (Å²) in [5.41, 5.74) is 11.9. The third-order valence-corrected chi connectivity index (χ3v) is 10.0. The maximum absolute atomic E-state index is 6.08. The Morgan fingerprint density at radius 1 is 0.633 bits per heavy atom. The molecule has 0 aliphatic carbocycles. The predicted octanol–water partition coefficient (Wildman–Crippen LogP) is 11.9. The van der Waals surface area contributed by atoms with E-state index in [2.05, 4.69) is 122 Å². The standard InChI is InChI=1S/C25H18NS.C19H14NO.Ir/c1-17-16-26-23(15-19(17)14-18-8-3-2-4-9-18)22-12-7-11-21-20-10-5-6-13-24(20)27-25(21)22;1-12-6-8-14-15-4-3-5-16(19(15)21-18(14)10-12)17-9-7-13(2)11-20-17;/h2-11,13,15-16H,14H2,1H3;3-4,6-11H,1-2H3;/q2*-1;. The Kier molecular flexibility index (Phi) is 9.25. The van der Waals surface area contributed by atoms with Gasteiger partial charge in [0.2, 0.25) is 0 Å². The van der Waals surface area contributed by atoms with Crippen molar-refractivity contribution in [1.82, 2.24) is 9.97 Å².